The molecule has 2 aliphatic carbocycles. The highest BCUT2D eigenvalue weighted by Gasteiger charge is 2.39. The number of fused-ring (bicyclic) bond motifs is 2. The topological polar surface area (TPSA) is 55.1 Å². The normalized spacial score (nSPS) is 31.8. The van der Waals surface area contributed by atoms with Gasteiger partial charge >= 0.3 is 0 Å². The lowest BCUT2D eigenvalue weighted by atomic mass is 9.67. The number of hydrogen-bond donors (Lipinski definition) is 2. The molecular weight excluding hydrogens is 274 g/mol. The van der Waals surface area contributed by atoms with E-state index in [9.17, 15) is 13.6 Å². The first-order valence-corrected chi connectivity index (χ1v) is 7.56. The molecule has 0 heterocycles. The van der Waals surface area contributed by atoms with Gasteiger partial charge in [0.2, 0.25) is 0 Å². The zero-order valence-electron chi connectivity index (χ0n) is 11.8. The molecule has 1 aromatic rings. The summed E-state index contributed by atoms with van der Waals surface area (Å²) in [6.07, 6.45) is 5.19. The van der Waals surface area contributed by atoms with Gasteiger partial charge in [-0.05, 0) is 55.7 Å². The minimum Gasteiger partial charge on any atom is -0.349 e. The molecule has 114 valence electrons. The van der Waals surface area contributed by atoms with Crippen LogP contribution in [0.25, 0.3) is 0 Å². The molecule has 3 N–H and O–H groups in total. The molecule has 0 radical (unpaired) electrons. The van der Waals surface area contributed by atoms with Crippen LogP contribution in [0.5, 0.6) is 0 Å². The third-order valence-corrected chi connectivity index (χ3v) is 4.86. The molecule has 2 bridgehead atoms. The molecule has 5 heteroatoms. The molecule has 0 aliphatic heterocycles. The molecule has 21 heavy (non-hydrogen) atoms. The van der Waals surface area contributed by atoms with Gasteiger partial charge in [0.05, 0.1) is 0 Å². The van der Waals surface area contributed by atoms with Gasteiger partial charge in [0.1, 0.15) is 0 Å². The Morgan fingerprint density at radius 3 is 2.43 bits per heavy atom. The van der Waals surface area contributed by atoms with E-state index in [1.54, 1.807) is 0 Å². The SMILES string of the molecule is NC1CC2CCCC(C1)C2NC(=O)c1ccc(F)c(F)c1. The maximum absolute atomic E-state index is 13.2. The number of carbonyl (C=O) groups is 1. The van der Waals surface area contributed by atoms with Crippen LogP contribution in [-0.2, 0) is 0 Å². The van der Waals surface area contributed by atoms with Crippen LogP contribution in [-0.4, -0.2) is 18.0 Å². The molecule has 1 amide bonds. The Morgan fingerprint density at radius 1 is 1.14 bits per heavy atom. The summed E-state index contributed by atoms with van der Waals surface area (Å²) in [6.45, 7) is 0. The molecule has 0 spiro atoms. The first-order chi connectivity index (χ1) is 10.0. The van der Waals surface area contributed by atoms with Gasteiger partial charge in [0.15, 0.2) is 11.6 Å². The van der Waals surface area contributed by atoms with Crippen LogP contribution in [0.3, 0.4) is 0 Å². The van der Waals surface area contributed by atoms with Gasteiger partial charge < -0.3 is 11.1 Å². The van der Waals surface area contributed by atoms with Gasteiger partial charge in [0, 0.05) is 17.6 Å². The van der Waals surface area contributed by atoms with E-state index in [4.69, 9.17) is 5.73 Å². The van der Waals surface area contributed by atoms with Crippen molar-refractivity contribution in [1.82, 2.24) is 5.32 Å². The lowest BCUT2D eigenvalue weighted by molar-refractivity contribution is 0.0755. The molecule has 3 nitrogen and oxygen atoms in total. The van der Waals surface area contributed by atoms with Gasteiger partial charge in [-0.25, -0.2) is 8.78 Å². The summed E-state index contributed by atoms with van der Waals surface area (Å²) in [5, 5.41) is 3.02. The minimum atomic E-state index is -0.992. The Morgan fingerprint density at radius 2 is 1.81 bits per heavy atom. The van der Waals surface area contributed by atoms with E-state index in [1.807, 2.05) is 0 Å². The van der Waals surface area contributed by atoms with Crippen molar-refractivity contribution < 1.29 is 13.6 Å². The molecule has 2 unspecified atom stereocenters. The fourth-order valence-corrected chi connectivity index (χ4v) is 3.90. The molecule has 0 aromatic heterocycles. The Hall–Kier alpha value is -1.49. The van der Waals surface area contributed by atoms with Crippen LogP contribution in [0.4, 0.5) is 8.78 Å². The van der Waals surface area contributed by atoms with Crippen molar-refractivity contribution in [2.24, 2.45) is 17.6 Å². The summed E-state index contributed by atoms with van der Waals surface area (Å²) < 4.78 is 26.2. The predicted molar refractivity (Wildman–Crippen MR) is 75.7 cm³/mol. The maximum Gasteiger partial charge on any atom is 0.251 e. The third kappa shape index (κ3) is 2.93. The van der Waals surface area contributed by atoms with Gasteiger partial charge in [-0.2, -0.15) is 0 Å². The first kappa shape index (κ1) is 14.4. The fourth-order valence-electron chi connectivity index (χ4n) is 3.90. The second kappa shape index (κ2) is 5.72. The van der Waals surface area contributed by atoms with Crippen molar-refractivity contribution in [1.29, 1.82) is 0 Å². The Balaban J connectivity index is 1.73. The summed E-state index contributed by atoms with van der Waals surface area (Å²) in [6, 6.07) is 3.59. The van der Waals surface area contributed by atoms with E-state index in [1.165, 1.54) is 12.5 Å². The number of carbonyl (C=O) groups excluding carboxylic acids is 1. The van der Waals surface area contributed by atoms with Gasteiger partial charge in [-0.3, -0.25) is 4.79 Å². The number of rotatable bonds is 2. The quantitative estimate of drug-likeness (QED) is 0.881. The second-order valence-electron chi connectivity index (χ2n) is 6.31. The predicted octanol–water partition coefficient (Wildman–Crippen LogP) is 2.60. The second-order valence-corrected chi connectivity index (χ2v) is 6.31. The zero-order chi connectivity index (χ0) is 15.0. The molecule has 2 fully saturated rings. The lowest BCUT2D eigenvalue weighted by Gasteiger charge is -2.45. The maximum atomic E-state index is 13.2. The lowest BCUT2D eigenvalue weighted by Crippen LogP contribution is -2.53. The molecule has 0 saturated heterocycles. The average Bonchev–Trinajstić information content (AvgIpc) is 2.42. The van der Waals surface area contributed by atoms with E-state index in [2.05, 4.69) is 5.32 Å². The Kier molecular flexibility index (Phi) is 3.93. The van der Waals surface area contributed by atoms with Crippen LogP contribution in [0.15, 0.2) is 18.2 Å². The first-order valence-electron chi connectivity index (χ1n) is 7.56. The monoisotopic (exact) mass is 294 g/mol. The van der Waals surface area contributed by atoms with Crippen LogP contribution in [0.1, 0.15) is 42.5 Å². The van der Waals surface area contributed by atoms with Crippen LogP contribution in [0.2, 0.25) is 0 Å². The van der Waals surface area contributed by atoms with Crippen molar-refractivity contribution in [2.75, 3.05) is 0 Å². The Bertz CT molecular complexity index is 535. The van der Waals surface area contributed by atoms with Crippen LogP contribution >= 0.6 is 0 Å². The van der Waals surface area contributed by atoms with Crippen LogP contribution in [0, 0.1) is 23.5 Å². The highest BCUT2D eigenvalue weighted by Crippen LogP contribution is 2.39. The number of hydrogen-bond acceptors (Lipinski definition) is 2. The third-order valence-electron chi connectivity index (χ3n) is 4.86. The van der Waals surface area contributed by atoms with Crippen molar-refractivity contribution in [3.63, 3.8) is 0 Å². The standard InChI is InChI=1S/C16H20F2N2O/c17-13-5-4-11(8-14(13)18)16(21)20-15-9-2-1-3-10(15)7-12(19)6-9/h4-5,8-10,12,15H,1-3,6-7,19H2,(H,20,21). The number of halogens is 2. The van der Waals surface area contributed by atoms with Gasteiger partial charge in [-0.15, -0.1) is 0 Å². The number of nitrogens with one attached hydrogen (secondary N) is 1. The fraction of sp³-hybridized carbons (Fsp3) is 0.562. The van der Waals surface area contributed by atoms with Crippen molar-refractivity contribution >= 4 is 5.91 Å². The number of amides is 1. The molecule has 1 aromatic carbocycles. The summed E-state index contributed by atoms with van der Waals surface area (Å²) >= 11 is 0. The van der Waals surface area contributed by atoms with Crippen LogP contribution < -0.4 is 11.1 Å². The van der Waals surface area contributed by atoms with Gasteiger partial charge in [-0.1, -0.05) is 6.42 Å². The zero-order valence-corrected chi connectivity index (χ0v) is 11.8. The van der Waals surface area contributed by atoms with E-state index < -0.39 is 11.6 Å². The van der Waals surface area contributed by atoms with Crippen molar-refractivity contribution in [3.8, 4) is 0 Å². The summed E-state index contributed by atoms with van der Waals surface area (Å²) in [5.74, 6) is -1.45. The molecule has 3 rings (SSSR count). The van der Waals surface area contributed by atoms with E-state index in [0.717, 1.165) is 37.8 Å². The van der Waals surface area contributed by atoms with Crippen molar-refractivity contribution in [2.45, 2.75) is 44.2 Å². The summed E-state index contributed by atoms with van der Waals surface area (Å²) in [5.41, 5.74) is 6.23. The highest BCUT2D eigenvalue weighted by atomic mass is 19.2. The average molecular weight is 294 g/mol. The molecule has 2 aliphatic rings. The highest BCUT2D eigenvalue weighted by molar-refractivity contribution is 5.94. The summed E-state index contributed by atoms with van der Waals surface area (Å²) in [4.78, 5) is 12.3. The minimum absolute atomic E-state index is 0.110. The summed E-state index contributed by atoms with van der Waals surface area (Å²) in [7, 11) is 0. The smallest absolute Gasteiger partial charge is 0.251 e. The van der Waals surface area contributed by atoms with Crippen molar-refractivity contribution in [3.05, 3.63) is 35.4 Å². The number of benzene rings is 1. The number of nitrogens with two attached hydrogens (primary N) is 1. The molecule has 2 saturated carbocycles. The van der Waals surface area contributed by atoms with E-state index >= 15 is 0 Å². The van der Waals surface area contributed by atoms with Gasteiger partial charge in [0.25, 0.3) is 5.91 Å². The molecular formula is C16H20F2N2O. The Labute approximate surface area is 122 Å². The largest absolute Gasteiger partial charge is 0.349 e. The van der Waals surface area contributed by atoms with E-state index in [-0.39, 0.29) is 23.6 Å². The van der Waals surface area contributed by atoms with E-state index in [0.29, 0.717) is 11.8 Å². The molecule has 2 atom stereocenters.